The van der Waals surface area contributed by atoms with Crippen LogP contribution in [0.2, 0.25) is 0 Å². The second kappa shape index (κ2) is 6.88. The summed E-state index contributed by atoms with van der Waals surface area (Å²) in [6.07, 6.45) is 0. The minimum Gasteiger partial charge on any atom is -0.493 e. The van der Waals surface area contributed by atoms with E-state index in [1.54, 1.807) is 14.2 Å². The highest BCUT2D eigenvalue weighted by Gasteiger charge is 2.10. The van der Waals surface area contributed by atoms with Gasteiger partial charge >= 0.3 is 0 Å². The third-order valence-electron chi connectivity index (χ3n) is 3.48. The lowest BCUT2D eigenvalue weighted by molar-refractivity contribution is 0.354. The molecule has 0 bridgehead atoms. The molecule has 0 atom stereocenters. The Morgan fingerprint density at radius 3 is 2.33 bits per heavy atom. The molecular formula is C17H22N2O2. The number of benzene rings is 2. The summed E-state index contributed by atoms with van der Waals surface area (Å²) in [5.74, 6) is 1.48. The second-order valence-electron chi connectivity index (χ2n) is 4.76. The maximum Gasteiger partial charge on any atom is 0.161 e. The molecule has 4 heteroatoms. The summed E-state index contributed by atoms with van der Waals surface area (Å²) in [5, 5.41) is 0. The van der Waals surface area contributed by atoms with E-state index in [2.05, 4.69) is 11.8 Å². The van der Waals surface area contributed by atoms with E-state index >= 15 is 0 Å². The molecule has 0 saturated heterocycles. The second-order valence-corrected chi connectivity index (χ2v) is 4.76. The van der Waals surface area contributed by atoms with Crippen LogP contribution in [-0.4, -0.2) is 20.8 Å². The summed E-state index contributed by atoms with van der Waals surface area (Å²) in [4.78, 5) is 2.23. The summed E-state index contributed by atoms with van der Waals surface area (Å²) in [6.45, 7) is 3.76. The van der Waals surface area contributed by atoms with E-state index in [4.69, 9.17) is 15.2 Å². The number of nitrogen functional groups attached to an aromatic ring is 1. The van der Waals surface area contributed by atoms with Crippen LogP contribution in [0.1, 0.15) is 12.5 Å². The van der Waals surface area contributed by atoms with Gasteiger partial charge in [-0.3, -0.25) is 0 Å². The Morgan fingerprint density at radius 1 is 1.00 bits per heavy atom. The van der Waals surface area contributed by atoms with E-state index in [1.807, 2.05) is 42.5 Å². The lowest BCUT2D eigenvalue weighted by Gasteiger charge is -2.25. The number of ether oxygens (including phenoxy) is 2. The van der Waals surface area contributed by atoms with Crippen molar-refractivity contribution in [2.24, 2.45) is 0 Å². The number of hydrogen-bond acceptors (Lipinski definition) is 4. The van der Waals surface area contributed by atoms with Crippen LogP contribution in [0.15, 0.2) is 42.5 Å². The summed E-state index contributed by atoms with van der Waals surface area (Å²) in [6, 6.07) is 13.9. The fourth-order valence-corrected chi connectivity index (χ4v) is 2.34. The highest BCUT2D eigenvalue weighted by Crippen LogP contribution is 2.29. The first-order valence-corrected chi connectivity index (χ1v) is 7.00. The van der Waals surface area contributed by atoms with Crippen molar-refractivity contribution in [1.29, 1.82) is 0 Å². The maximum atomic E-state index is 6.07. The number of methoxy groups -OCH3 is 2. The van der Waals surface area contributed by atoms with E-state index in [0.29, 0.717) is 0 Å². The average Bonchev–Trinajstić information content (AvgIpc) is 2.53. The van der Waals surface area contributed by atoms with Crippen LogP contribution >= 0.6 is 0 Å². The van der Waals surface area contributed by atoms with Crippen LogP contribution in [0.25, 0.3) is 0 Å². The van der Waals surface area contributed by atoms with Gasteiger partial charge in [-0.15, -0.1) is 0 Å². The van der Waals surface area contributed by atoms with Gasteiger partial charge < -0.3 is 20.1 Å². The summed E-state index contributed by atoms with van der Waals surface area (Å²) >= 11 is 0. The van der Waals surface area contributed by atoms with Gasteiger partial charge in [0.15, 0.2) is 11.5 Å². The molecule has 0 unspecified atom stereocenters. The van der Waals surface area contributed by atoms with Gasteiger partial charge in [-0.1, -0.05) is 18.2 Å². The van der Waals surface area contributed by atoms with E-state index in [9.17, 15) is 0 Å². The Bertz CT molecular complexity index is 599. The van der Waals surface area contributed by atoms with Crippen molar-refractivity contribution in [3.63, 3.8) is 0 Å². The van der Waals surface area contributed by atoms with Crippen LogP contribution in [0, 0.1) is 0 Å². The lowest BCUT2D eigenvalue weighted by Crippen LogP contribution is -2.23. The minimum atomic E-state index is 0.739. The van der Waals surface area contributed by atoms with Crippen LogP contribution in [-0.2, 0) is 6.54 Å². The zero-order valence-corrected chi connectivity index (χ0v) is 12.8. The zero-order chi connectivity index (χ0) is 15.2. The monoisotopic (exact) mass is 286 g/mol. The first kappa shape index (κ1) is 15.0. The molecule has 2 aromatic rings. The predicted molar refractivity (Wildman–Crippen MR) is 87.1 cm³/mol. The number of para-hydroxylation sites is 2. The van der Waals surface area contributed by atoms with Gasteiger partial charge in [-0.05, 0) is 36.8 Å². The van der Waals surface area contributed by atoms with Gasteiger partial charge in [0.25, 0.3) is 0 Å². The quantitative estimate of drug-likeness (QED) is 0.828. The molecule has 0 aromatic heterocycles. The van der Waals surface area contributed by atoms with Crippen molar-refractivity contribution >= 4 is 11.4 Å². The van der Waals surface area contributed by atoms with Gasteiger partial charge in [0.05, 0.1) is 25.6 Å². The first-order valence-electron chi connectivity index (χ1n) is 7.00. The molecule has 0 radical (unpaired) electrons. The molecule has 0 fully saturated rings. The molecule has 2 N–H and O–H groups in total. The van der Waals surface area contributed by atoms with E-state index in [1.165, 1.54) is 0 Å². The molecule has 0 aliphatic heterocycles. The molecule has 112 valence electrons. The summed E-state index contributed by atoms with van der Waals surface area (Å²) < 4.78 is 10.6. The van der Waals surface area contributed by atoms with E-state index < -0.39 is 0 Å². The molecular weight excluding hydrogens is 264 g/mol. The molecule has 2 aromatic carbocycles. The van der Waals surface area contributed by atoms with E-state index in [0.717, 1.165) is 41.5 Å². The van der Waals surface area contributed by atoms with Crippen molar-refractivity contribution in [2.75, 3.05) is 31.4 Å². The Labute approximate surface area is 126 Å². The number of anilines is 2. The Balaban J connectivity index is 2.25. The predicted octanol–water partition coefficient (Wildman–Crippen LogP) is 3.31. The standard InChI is InChI=1S/C17H22N2O2/c1-4-19(15-8-6-5-7-14(15)18)12-13-9-10-16(20-2)17(11-13)21-3/h5-11H,4,12,18H2,1-3H3. The Kier molecular flexibility index (Phi) is 4.93. The third kappa shape index (κ3) is 3.40. The maximum absolute atomic E-state index is 6.07. The third-order valence-corrected chi connectivity index (χ3v) is 3.48. The molecule has 21 heavy (non-hydrogen) atoms. The van der Waals surface area contributed by atoms with Crippen molar-refractivity contribution in [2.45, 2.75) is 13.5 Å². The van der Waals surface area contributed by atoms with Gasteiger partial charge in [-0.25, -0.2) is 0 Å². The van der Waals surface area contributed by atoms with Crippen LogP contribution in [0.4, 0.5) is 11.4 Å². The number of rotatable bonds is 6. The smallest absolute Gasteiger partial charge is 0.161 e. The van der Waals surface area contributed by atoms with Gasteiger partial charge in [-0.2, -0.15) is 0 Å². The minimum absolute atomic E-state index is 0.739. The molecule has 0 amide bonds. The lowest BCUT2D eigenvalue weighted by atomic mass is 10.1. The highest BCUT2D eigenvalue weighted by atomic mass is 16.5. The van der Waals surface area contributed by atoms with Crippen LogP contribution < -0.4 is 20.1 Å². The Hall–Kier alpha value is -2.36. The zero-order valence-electron chi connectivity index (χ0n) is 12.8. The topological polar surface area (TPSA) is 47.7 Å². The molecule has 0 saturated carbocycles. The van der Waals surface area contributed by atoms with Crippen LogP contribution in [0.5, 0.6) is 11.5 Å². The van der Waals surface area contributed by atoms with Crippen molar-refractivity contribution in [3.8, 4) is 11.5 Å². The molecule has 0 heterocycles. The van der Waals surface area contributed by atoms with Gasteiger partial charge in [0.2, 0.25) is 0 Å². The fourth-order valence-electron chi connectivity index (χ4n) is 2.34. The molecule has 2 rings (SSSR count). The summed E-state index contributed by atoms with van der Waals surface area (Å²) in [5.41, 5.74) is 9.06. The Morgan fingerprint density at radius 2 is 1.71 bits per heavy atom. The van der Waals surface area contributed by atoms with Crippen LogP contribution in [0.3, 0.4) is 0 Å². The first-order chi connectivity index (χ1) is 10.2. The van der Waals surface area contributed by atoms with Gasteiger partial charge in [0, 0.05) is 13.1 Å². The summed E-state index contributed by atoms with van der Waals surface area (Å²) in [7, 11) is 3.29. The SMILES string of the molecule is CCN(Cc1ccc(OC)c(OC)c1)c1ccccc1N. The fraction of sp³-hybridized carbons (Fsp3) is 0.294. The number of nitrogens with zero attached hydrogens (tertiary/aromatic N) is 1. The van der Waals surface area contributed by atoms with E-state index in [-0.39, 0.29) is 0 Å². The molecule has 0 spiro atoms. The average molecular weight is 286 g/mol. The molecule has 0 aliphatic rings. The van der Waals surface area contributed by atoms with Crippen molar-refractivity contribution in [1.82, 2.24) is 0 Å². The highest BCUT2D eigenvalue weighted by molar-refractivity contribution is 5.67. The number of hydrogen-bond donors (Lipinski definition) is 1. The largest absolute Gasteiger partial charge is 0.493 e. The van der Waals surface area contributed by atoms with Crippen molar-refractivity contribution < 1.29 is 9.47 Å². The van der Waals surface area contributed by atoms with Crippen molar-refractivity contribution in [3.05, 3.63) is 48.0 Å². The molecule has 0 aliphatic carbocycles. The van der Waals surface area contributed by atoms with Gasteiger partial charge in [0.1, 0.15) is 0 Å². The normalized spacial score (nSPS) is 10.2. The number of nitrogens with two attached hydrogens (primary N) is 1. The molecule has 4 nitrogen and oxygen atoms in total.